The third-order valence-electron chi connectivity index (χ3n) is 3.22. The molecule has 1 heterocycles. The number of ether oxygens (including phenoxy) is 2. The molecular weight excluding hydrogens is 292 g/mol. The molecule has 0 aliphatic carbocycles. The fourth-order valence-corrected chi connectivity index (χ4v) is 2.88. The molecule has 0 atom stereocenters. The van der Waals surface area contributed by atoms with E-state index < -0.39 is 0 Å². The molecule has 0 aliphatic rings. The van der Waals surface area contributed by atoms with Crippen LogP contribution in [0.15, 0.2) is 72.8 Å². The van der Waals surface area contributed by atoms with Crippen LogP contribution in [-0.2, 0) is 24.6 Å². The molecule has 0 saturated carbocycles. The third kappa shape index (κ3) is 4.45. The van der Waals surface area contributed by atoms with Crippen LogP contribution in [0.5, 0.6) is 5.06 Å². The molecule has 0 fully saturated rings. The predicted octanol–water partition coefficient (Wildman–Crippen LogP) is 5.04. The van der Waals surface area contributed by atoms with Crippen LogP contribution in [-0.4, -0.2) is 0 Å². The Hall–Kier alpha value is -2.10. The smallest absolute Gasteiger partial charge is 0.174 e. The maximum Gasteiger partial charge on any atom is 0.174 e. The number of hydrogen-bond donors (Lipinski definition) is 0. The minimum absolute atomic E-state index is 0.603. The van der Waals surface area contributed by atoms with Crippen molar-refractivity contribution in [1.82, 2.24) is 0 Å². The van der Waals surface area contributed by atoms with Gasteiger partial charge in [0.15, 0.2) is 5.06 Å². The van der Waals surface area contributed by atoms with Gasteiger partial charge in [-0.25, -0.2) is 0 Å². The highest BCUT2D eigenvalue weighted by molar-refractivity contribution is 7.13. The molecule has 22 heavy (non-hydrogen) atoms. The van der Waals surface area contributed by atoms with Gasteiger partial charge in [-0.2, -0.15) is 0 Å². The van der Waals surface area contributed by atoms with Crippen LogP contribution in [0.25, 0.3) is 0 Å². The van der Waals surface area contributed by atoms with Crippen molar-refractivity contribution in [1.29, 1.82) is 0 Å². The molecule has 3 heteroatoms. The maximum absolute atomic E-state index is 5.80. The van der Waals surface area contributed by atoms with Crippen molar-refractivity contribution in [2.75, 3.05) is 0 Å². The molecule has 3 rings (SSSR count). The first-order chi connectivity index (χ1) is 10.9. The molecule has 0 radical (unpaired) electrons. The Balaban J connectivity index is 1.45. The van der Waals surface area contributed by atoms with Crippen molar-refractivity contribution >= 4 is 11.3 Å². The van der Waals surface area contributed by atoms with Gasteiger partial charge >= 0.3 is 0 Å². The molecule has 1 aromatic heterocycles. The summed E-state index contributed by atoms with van der Waals surface area (Å²) in [5.41, 5.74) is 2.37. The first-order valence-electron chi connectivity index (χ1n) is 7.27. The fourth-order valence-electron chi connectivity index (χ4n) is 2.09. The highest BCUT2D eigenvalue weighted by Crippen LogP contribution is 2.26. The lowest BCUT2D eigenvalue weighted by Crippen LogP contribution is -1.93. The van der Waals surface area contributed by atoms with Crippen molar-refractivity contribution in [2.24, 2.45) is 0 Å². The van der Waals surface area contributed by atoms with Gasteiger partial charge in [-0.3, -0.25) is 0 Å². The topological polar surface area (TPSA) is 18.5 Å². The lowest BCUT2D eigenvalue weighted by Gasteiger charge is -2.03. The van der Waals surface area contributed by atoms with E-state index in [1.165, 1.54) is 16.0 Å². The van der Waals surface area contributed by atoms with Crippen molar-refractivity contribution in [3.63, 3.8) is 0 Å². The van der Waals surface area contributed by atoms with Gasteiger partial charge in [0.25, 0.3) is 0 Å². The zero-order valence-corrected chi connectivity index (χ0v) is 13.1. The molecule has 0 amide bonds. The van der Waals surface area contributed by atoms with Gasteiger partial charge in [0, 0.05) is 4.88 Å². The van der Waals surface area contributed by atoms with E-state index in [1.54, 1.807) is 11.3 Å². The molecule has 0 bridgehead atoms. The molecule has 0 unspecified atom stereocenters. The Morgan fingerprint density at radius 3 is 1.95 bits per heavy atom. The molecule has 0 spiro atoms. The average Bonchev–Trinajstić information content (AvgIpc) is 3.03. The van der Waals surface area contributed by atoms with Crippen molar-refractivity contribution in [3.8, 4) is 5.06 Å². The largest absolute Gasteiger partial charge is 0.479 e. The van der Waals surface area contributed by atoms with Crippen molar-refractivity contribution < 1.29 is 9.47 Å². The van der Waals surface area contributed by atoms with E-state index in [-0.39, 0.29) is 0 Å². The van der Waals surface area contributed by atoms with Crippen LogP contribution in [0.2, 0.25) is 0 Å². The minimum atomic E-state index is 0.603. The molecule has 2 aromatic carbocycles. The zero-order valence-electron chi connectivity index (χ0n) is 12.3. The SMILES string of the molecule is c1ccc(COCc2ccc(OCc3ccccc3)s2)cc1. The van der Waals surface area contributed by atoms with Gasteiger partial charge in [0.2, 0.25) is 0 Å². The summed E-state index contributed by atoms with van der Waals surface area (Å²) in [7, 11) is 0. The fraction of sp³-hybridized carbons (Fsp3) is 0.158. The number of hydrogen-bond acceptors (Lipinski definition) is 3. The van der Waals surface area contributed by atoms with E-state index in [2.05, 4.69) is 30.3 Å². The second-order valence-corrected chi connectivity index (χ2v) is 6.10. The summed E-state index contributed by atoms with van der Waals surface area (Å²) < 4.78 is 11.5. The van der Waals surface area contributed by atoms with E-state index >= 15 is 0 Å². The van der Waals surface area contributed by atoms with Gasteiger partial charge in [-0.05, 0) is 23.3 Å². The summed E-state index contributed by atoms with van der Waals surface area (Å²) >= 11 is 1.64. The second kappa shape index (κ2) is 7.78. The molecule has 0 aliphatic heterocycles. The van der Waals surface area contributed by atoms with Gasteiger partial charge in [0.05, 0.1) is 13.2 Å². The summed E-state index contributed by atoms with van der Waals surface area (Å²) in [6.07, 6.45) is 0. The Kier molecular flexibility index (Phi) is 5.24. The van der Waals surface area contributed by atoms with Gasteiger partial charge in [-0.15, -0.1) is 11.3 Å². The summed E-state index contributed by atoms with van der Waals surface area (Å²) in [6.45, 7) is 1.86. The lowest BCUT2D eigenvalue weighted by atomic mass is 10.2. The molecule has 3 aromatic rings. The van der Waals surface area contributed by atoms with Crippen LogP contribution < -0.4 is 4.74 Å². The zero-order chi connectivity index (χ0) is 15.0. The Bertz CT molecular complexity index is 677. The van der Waals surface area contributed by atoms with E-state index in [0.717, 1.165) is 5.06 Å². The monoisotopic (exact) mass is 310 g/mol. The van der Waals surface area contributed by atoms with E-state index in [0.29, 0.717) is 19.8 Å². The van der Waals surface area contributed by atoms with Crippen LogP contribution in [0.1, 0.15) is 16.0 Å². The van der Waals surface area contributed by atoms with E-state index in [9.17, 15) is 0 Å². The van der Waals surface area contributed by atoms with E-state index in [1.807, 2.05) is 42.5 Å². The molecule has 0 saturated heterocycles. The predicted molar refractivity (Wildman–Crippen MR) is 90.0 cm³/mol. The van der Waals surface area contributed by atoms with Crippen LogP contribution in [0, 0.1) is 0 Å². The van der Waals surface area contributed by atoms with Crippen LogP contribution in [0.3, 0.4) is 0 Å². The van der Waals surface area contributed by atoms with Gasteiger partial charge < -0.3 is 9.47 Å². The lowest BCUT2D eigenvalue weighted by molar-refractivity contribution is 0.109. The highest BCUT2D eigenvalue weighted by atomic mass is 32.1. The Morgan fingerprint density at radius 1 is 0.636 bits per heavy atom. The molecule has 2 nitrogen and oxygen atoms in total. The second-order valence-electron chi connectivity index (χ2n) is 4.97. The summed E-state index contributed by atoms with van der Waals surface area (Å²) in [4.78, 5) is 1.18. The highest BCUT2D eigenvalue weighted by Gasteiger charge is 2.02. The standard InChI is InChI=1S/C19H18O2S/c1-3-7-16(8-4-1)13-20-15-18-11-12-19(22-18)21-14-17-9-5-2-6-10-17/h1-12H,13-15H2. The third-order valence-corrected chi connectivity index (χ3v) is 4.19. The average molecular weight is 310 g/mol. The summed E-state index contributed by atoms with van der Waals surface area (Å²) in [5, 5.41) is 0.933. The Morgan fingerprint density at radius 2 is 1.27 bits per heavy atom. The molecule has 112 valence electrons. The first-order valence-corrected chi connectivity index (χ1v) is 8.09. The normalized spacial score (nSPS) is 10.5. The van der Waals surface area contributed by atoms with Crippen LogP contribution >= 0.6 is 11.3 Å². The number of rotatable bonds is 7. The number of thiophene rings is 1. The van der Waals surface area contributed by atoms with Gasteiger partial charge in [-0.1, -0.05) is 60.7 Å². The first kappa shape index (κ1) is 14.8. The summed E-state index contributed by atoms with van der Waals surface area (Å²) in [6, 6.07) is 24.5. The van der Waals surface area contributed by atoms with Crippen molar-refractivity contribution in [3.05, 3.63) is 88.8 Å². The van der Waals surface area contributed by atoms with Crippen molar-refractivity contribution in [2.45, 2.75) is 19.8 Å². The molecular formula is C19H18O2S. The quantitative estimate of drug-likeness (QED) is 0.608. The number of benzene rings is 2. The maximum atomic E-state index is 5.80. The van der Waals surface area contributed by atoms with E-state index in [4.69, 9.17) is 9.47 Å². The van der Waals surface area contributed by atoms with Crippen LogP contribution in [0.4, 0.5) is 0 Å². The minimum Gasteiger partial charge on any atom is -0.479 e. The van der Waals surface area contributed by atoms with Gasteiger partial charge in [0.1, 0.15) is 6.61 Å². The Labute approximate surface area is 135 Å². The molecule has 0 N–H and O–H groups in total. The summed E-state index contributed by atoms with van der Waals surface area (Å²) in [5.74, 6) is 0.